The predicted molar refractivity (Wildman–Crippen MR) is 105 cm³/mol. The second-order valence-corrected chi connectivity index (χ2v) is 6.76. The van der Waals surface area contributed by atoms with E-state index in [0.717, 1.165) is 5.56 Å². The van der Waals surface area contributed by atoms with Crippen molar-refractivity contribution in [1.82, 2.24) is 0 Å². The van der Waals surface area contributed by atoms with E-state index in [1.165, 1.54) is 0 Å². The van der Waals surface area contributed by atoms with Crippen molar-refractivity contribution < 1.29 is 19.7 Å². The second kappa shape index (κ2) is 7.94. The van der Waals surface area contributed by atoms with Crippen LogP contribution in [-0.2, 0) is 16.9 Å². The second-order valence-electron chi connectivity index (χ2n) is 6.76. The van der Waals surface area contributed by atoms with Crippen LogP contribution in [0.3, 0.4) is 0 Å². The number of hydrogen-bond acceptors (Lipinski definition) is 4. The Morgan fingerprint density at radius 1 is 1.22 bits per heavy atom. The number of anilines is 1. The molecule has 0 aliphatic carbocycles. The molecular formula is C22H25NO4. The van der Waals surface area contributed by atoms with Gasteiger partial charge in [0.15, 0.2) is 5.60 Å². The Kier molecular flexibility index (Phi) is 5.63. The van der Waals surface area contributed by atoms with Gasteiger partial charge >= 0.3 is 0 Å². The van der Waals surface area contributed by atoms with E-state index >= 15 is 0 Å². The normalized spacial score (nSPS) is 20.1. The summed E-state index contributed by atoms with van der Waals surface area (Å²) in [5, 5.41) is 20.5. The van der Waals surface area contributed by atoms with Crippen molar-refractivity contribution in [2.24, 2.45) is 5.92 Å². The number of nitrogens with zero attached hydrogens (tertiary/aromatic N) is 1. The van der Waals surface area contributed by atoms with E-state index in [2.05, 4.69) is 0 Å². The van der Waals surface area contributed by atoms with Crippen LogP contribution in [0.25, 0.3) is 0 Å². The number of benzene rings is 2. The summed E-state index contributed by atoms with van der Waals surface area (Å²) in [5.41, 5.74) is 0.545. The van der Waals surface area contributed by atoms with Crippen molar-refractivity contribution in [3.8, 4) is 5.75 Å². The lowest BCUT2D eigenvalue weighted by atomic mass is 9.83. The molecule has 5 nitrogen and oxygen atoms in total. The van der Waals surface area contributed by atoms with Crippen LogP contribution >= 0.6 is 0 Å². The minimum absolute atomic E-state index is 0.0279. The van der Waals surface area contributed by atoms with E-state index < -0.39 is 11.5 Å². The molecule has 1 amide bonds. The van der Waals surface area contributed by atoms with Crippen LogP contribution in [0.4, 0.5) is 5.69 Å². The summed E-state index contributed by atoms with van der Waals surface area (Å²) in [6.45, 7) is 2.22. The summed E-state index contributed by atoms with van der Waals surface area (Å²) in [6.07, 6.45) is 4.05. The summed E-state index contributed by atoms with van der Waals surface area (Å²) < 4.78 is 5.31. The maximum Gasteiger partial charge on any atom is 0.264 e. The van der Waals surface area contributed by atoms with E-state index in [4.69, 9.17) is 9.84 Å². The van der Waals surface area contributed by atoms with Crippen LogP contribution in [-0.4, -0.2) is 29.8 Å². The van der Waals surface area contributed by atoms with Gasteiger partial charge in [0.2, 0.25) is 0 Å². The average molecular weight is 367 g/mol. The Morgan fingerprint density at radius 3 is 2.63 bits per heavy atom. The largest absolute Gasteiger partial charge is 0.497 e. The van der Waals surface area contributed by atoms with E-state index in [-0.39, 0.29) is 12.5 Å². The van der Waals surface area contributed by atoms with Crippen molar-refractivity contribution in [3.63, 3.8) is 0 Å². The van der Waals surface area contributed by atoms with Crippen LogP contribution in [0.15, 0.2) is 60.7 Å². The topological polar surface area (TPSA) is 70.0 Å². The van der Waals surface area contributed by atoms with Gasteiger partial charge < -0.3 is 19.8 Å². The molecule has 1 aliphatic heterocycles. The van der Waals surface area contributed by atoms with Crippen LogP contribution in [0, 0.1) is 5.92 Å². The third-order valence-electron chi connectivity index (χ3n) is 5.04. The molecule has 2 N–H and O–H groups in total. The van der Waals surface area contributed by atoms with Gasteiger partial charge in [0.25, 0.3) is 5.91 Å². The SMILES string of the molecule is COc1ccc2c(c1)[C@](O)([C@@H](C)/C=C/CCO)C(=O)N2Cc1ccccc1. The zero-order chi connectivity index (χ0) is 19.4. The fourth-order valence-corrected chi connectivity index (χ4v) is 3.49. The first kappa shape index (κ1) is 19.1. The maximum absolute atomic E-state index is 13.3. The van der Waals surface area contributed by atoms with Crippen molar-refractivity contribution >= 4 is 11.6 Å². The van der Waals surface area contributed by atoms with Gasteiger partial charge in [0.1, 0.15) is 5.75 Å². The summed E-state index contributed by atoms with van der Waals surface area (Å²) >= 11 is 0. The molecule has 0 saturated carbocycles. The molecular weight excluding hydrogens is 342 g/mol. The van der Waals surface area contributed by atoms with E-state index in [9.17, 15) is 9.90 Å². The number of fused-ring (bicyclic) bond motifs is 1. The highest BCUT2D eigenvalue weighted by Gasteiger charge is 2.52. The summed E-state index contributed by atoms with van der Waals surface area (Å²) in [7, 11) is 1.56. The molecule has 2 aromatic rings. The highest BCUT2D eigenvalue weighted by atomic mass is 16.5. The minimum Gasteiger partial charge on any atom is -0.497 e. The van der Waals surface area contributed by atoms with Crippen molar-refractivity contribution in [3.05, 3.63) is 71.8 Å². The lowest BCUT2D eigenvalue weighted by Crippen LogP contribution is -2.44. The van der Waals surface area contributed by atoms with Gasteiger partial charge in [-0.3, -0.25) is 4.79 Å². The summed E-state index contributed by atoms with van der Waals surface area (Å²) in [6, 6.07) is 15.0. The van der Waals surface area contributed by atoms with Crippen molar-refractivity contribution in [2.75, 3.05) is 18.6 Å². The molecule has 0 aromatic heterocycles. The number of rotatable bonds is 7. The first-order valence-corrected chi connectivity index (χ1v) is 9.06. The van der Waals surface area contributed by atoms with Gasteiger partial charge in [-0.05, 0) is 30.2 Å². The highest BCUT2D eigenvalue weighted by molar-refractivity contribution is 6.07. The first-order chi connectivity index (χ1) is 13.0. The lowest BCUT2D eigenvalue weighted by molar-refractivity contribution is -0.139. The molecule has 1 aliphatic rings. The molecule has 2 aromatic carbocycles. The number of aliphatic hydroxyl groups excluding tert-OH is 1. The molecule has 5 heteroatoms. The van der Waals surface area contributed by atoms with E-state index in [1.54, 1.807) is 43.2 Å². The molecule has 0 fully saturated rings. The molecule has 2 atom stereocenters. The third kappa shape index (κ3) is 3.48. The Bertz CT molecular complexity index is 833. The van der Waals surface area contributed by atoms with Crippen LogP contribution in [0.2, 0.25) is 0 Å². The molecule has 0 spiro atoms. The first-order valence-electron chi connectivity index (χ1n) is 9.06. The molecule has 142 valence electrons. The van der Waals surface area contributed by atoms with Crippen LogP contribution < -0.4 is 9.64 Å². The Hall–Kier alpha value is -2.63. The zero-order valence-corrected chi connectivity index (χ0v) is 15.6. The van der Waals surface area contributed by atoms with Crippen LogP contribution in [0.1, 0.15) is 24.5 Å². The molecule has 0 unspecified atom stereocenters. The van der Waals surface area contributed by atoms with Gasteiger partial charge in [0.05, 0.1) is 19.3 Å². The summed E-state index contributed by atoms with van der Waals surface area (Å²) in [4.78, 5) is 14.9. The monoisotopic (exact) mass is 367 g/mol. The predicted octanol–water partition coefficient (Wildman–Crippen LogP) is 3.00. The molecule has 27 heavy (non-hydrogen) atoms. The standard InChI is InChI=1S/C22H25NO4/c1-16(8-6-7-13-24)22(26)19-14-18(27-2)11-12-20(19)23(21(22)25)15-17-9-4-3-5-10-17/h3-6,8-12,14,16,24,26H,7,13,15H2,1-2H3/b8-6+/t16-,22+/m0/s1. The van der Waals surface area contributed by atoms with E-state index in [0.29, 0.717) is 30.0 Å². The van der Waals surface area contributed by atoms with Gasteiger partial charge in [0, 0.05) is 18.1 Å². The third-order valence-corrected chi connectivity index (χ3v) is 5.04. The van der Waals surface area contributed by atoms with Gasteiger partial charge in [-0.25, -0.2) is 0 Å². The number of aliphatic hydroxyl groups is 2. The number of methoxy groups -OCH3 is 1. The number of ether oxygens (including phenoxy) is 1. The minimum atomic E-state index is -1.68. The fraction of sp³-hybridized carbons (Fsp3) is 0.318. The Morgan fingerprint density at radius 2 is 1.96 bits per heavy atom. The number of hydrogen-bond donors (Lipinski definition) is 2. The highest BCUT2D eigenvalue weighted by Crippen LogP contribution is 2.47. The summed E-state index contributed by atoms with van der Waals surface area (Å²) in [5.74, 6) is -0.216. The molecule has 0 radical (unpaired) electrons. The maximum atomic E-state index is 13.3. The molecule has 0 saturated heterocycles. The average Bonchev–Trinajstić information content (AvgIpc) is 2.91. The number of amides is 1. The fourth-order valence-electron chi connectivity index (χ4n) is 3.49. The molecule has 3 rings (SSSR count). The smallest absolute Gasteiger partial charge is 0.264 e. The number of carbonyl (C=O) groups excluding carboxylic acids is 1. The van der Waals surface area contributed by atoms with Crippen molar-refractivity contribution in [2.45, 2.75) is 25.5 Å². The number of carbonyl (C=O) groups is 1. The Labute approximate surface area is 159 Å². The zero-order valence-electron chi connectivity index (χ0n) is 15.6. The quantitative estimate of drug-likeness (QED) is 0.738. The van der Waals surface area contributed by atoms with Crippen molar-refractivity contribution in [1.29, 1.82) is 0 Å². The van der Waals surface area contributed by atoms with Gasteiger partial charge in [-0.1, -0.05) is 49.4 Å². The molecule has 1 heterocycles. The molecule has 0 bridgehead atoms. The van der Waals surface area contributed by atoms with E-state index in [1.807, 2.05) is 36.4 Å². The van der Waals surface area contributed by atoms with Crippen LogP contribution in [0.5, 0.6) is 5.75 Å². The Balaban J connectivity index is 2.03. The van der Waals surface area contributed by atoms with Gasteiger partial charge in [-0.2, -0.15) is 0 Å². The lowest BCUT2D eigenvalue weighted by Gasteiger charge is -2.27. The van der Waals surface area contributed by atoms with Gasteiger partial charge in [-0.15, -0.1) is 0 Å².